The van der Waals surface area contributed by atoms with Crippen molar-refractivity contribution in [3.63, 3.8) is 0 Å². The second-order valence-electron chi connectivity index (χ2n) is 12.6. The van der Waals surface area contributed by atoms with Crippen LogP contribution in [0, 0.1) is 0 Å². The number of amides is 1. The minimum absolute atomic E-state index is 0.0933. The van der Waals surface area contributed by atoms with Crippen LogP contribution in [0.25, 0.3) is 39.2 Å². The summed E-state index contributed by atoms with van der Waals surface area (Å²) in [6.45, 7) is 1.67. The molecule has 1 aliphatic carbocycles. The molecule has 2 aliphatic rings. The first-order valence-corrected chi connectivity index (χ1v) is 17.1. The van der Waals surface area contributed by atoms with E-state index in [1.165, 1.54) is 10.5 Å². The largest absolute Gasteiger partial charge is 0.481 e. The molecule has 1 unspecified atom stereocenters. The van der Waals surface area contributed by atoms with Gasteiger partial charge < -0.3 is 25.8 Å². The molecule has 0 spiro atoms. The fourth-order valence-corrected chi connectivity index (χ4v) is 7.11. The van der Waals surface area contributed by atoms with Crippen LogP contribution in [0.5, 0.6) is 5.88 Å². The number of nitrogens with zero attached hydrogens (tertiary/aromatic N) is 3. The molecule has 1 saturated heterocycles. The second-order valence-corrected chi connectivity index (χ2v) is 13.3. The van der Waals surface area contributed by atoms with Crippen molar-refractivity contribution in [1.82, 2.24) is 30.3 Å². The molecule has 1 amide bonds. The van der Waals surface area contributed by atoms with Gasteiger partial charge >= 0.3 is 0 Å². The van der Waals surface area contributed by atoms with Crippen LogP contribution < -0.4 is 26.2 Å². The van der Waals surface area contributed by atoms with Crippen LogP contribution in [0.4, 0.5) is 0 Å². The molecule has 1 atom stereocenters. The number of aliphatic hydroxyl groups excluding tert-OH is 1. The maximum absolute atomic E-state index is 13.1. The molecular formula is C37H36Cl2N6O4. The minimum Gasteiger partial charge on any atom is -0.481 e. The van der Waals surface area contributed by atoms with E-state index in [0.29, 0.717) is 71.9 Å². The van der Waals surface area contributed by atoms with Crippen LogP contribution >= 0.6 is 23.2 Å². The predicted molar refractivity (Wildman–Crippen MR) is 191 cm³/mol. The van der Waals surface area contributed by atoms with Crippen molar-refractivity contribution in [2.75, 3.05) is 13.7 Å². The molecule has 1 aliphatic heterocycles. The first-order chi connectivity index (χ1) is 23.8. The molecule has 4 N–H and O–H groups in total. The van der Waals surface area contributed by atoms with Crippen LogP contribution in [0.1, 0.15) is 36.9 Å². The SMILES string of the molecule is COc1nc(-c2cccc(-c3cccc(-c4ccc5nc(CNC6CC(O)C6)cc(=O)n5c4)c3Cl)c2Cl)ccc1CNCC1CCC(=O)N1. The molecule has 2 fully saturated rings. The van der Waals surface area contributed by atoms with Crippen molar-refractivity contribution in [1.29, 1.82) is 0 Å². The first-order valence-electron chi connectivity index (χ1n) is 16.3. The number of aromatic nitrogens is 3. The molecule has 252 valence electrons. The number of nitrogens with one attached hydrogen (secondary N) is 3. The van der Waals surface area contributed by atoms with Crippen LogP contribution in [-0.4, -0.2) is 57.2 Å². The van der Waals surface area contributed by atoms with Gasteiger partial charge in [0.2, 0.25) is 11.8 Å². The smallest absolute Gasteiger partial charge is 0.258 e. The molecule has 12 heteroatoms. The van der Waals surface area contributed by atoms with Gasteiger partial charge in [0.1, 0.15) is 5.65 Å². The number of halogens is 2. The highest BCUT2D eigenvalue weighted by atomic mass is 35.5. The zero-order valence-corrected chi connectivity index (χ0v) is 28.4. The Morgan fingerprint density at radius 3 is 2.39 bits per heavy atom. The number of hydrogen-bond acceptors (Lipinski definition) is 8. The monoisotopic (exact) mass is 698 g/mol. The third-order valence-electron chi connectivity index (χ3n) is 9.20. The molecule has 10 nitrogen and oxygen atoms in total. The summed E-state index contributed by atoms with van der Waals surface area (Å²) >= 11 is 14.2. The normalized spacial score (nSPS) is 18.8. The summed E-state index contributed by atoms with van der Waals surface area (Å²) in [6, 6.07) is 21.0. The molecule has 4 heterocycles. The molecule has 1 saturated carbocycles. The number of carbonyl (C=O) groups excluding carboxylic acids is 1. The van der Waals surface area contributed by atoms with E-state index in [-0.39, 0.29) is 29.7 Å². The highest BCUT2D eigenvalue weighted by molar-refractivity contribution is 6.39. The fraction of sp³-hybridized carbons (Fsp3) is 0.297. The van der Waals surface area contributed by atoms with Crippen molar-refractivity contribution in [3.05, 3.63) is 105 Å². The summed E-state index contributed by atoms with van der Waals surface area (Å²) in [6.07, 6.45) is 4.33. The molecule has 2 aromatic carbocycles. The zero-order valence-electron chi connectivity index (χ0n) is 26.9. The number of pyridine rings is 2. The second kappa shape index (κ2) is 14.3. The third kappa shape index (κ3) is 7.06. The molecule has 0 bridgehead atoms. The summed E-state index contributed by atoms with van der Waals surface area (Å²) in [4.78, 5) is 34.1. The van der Waals surface area contributed by atoms with Gasteiger partial charge in [-0.2, -0.15) is 0 Å². The Balaban J connectivity index is 1.13. The van der Waals surface area contributed by atoms with Gasteiger partial charge in [-0.3, -0.25) is 14.0 Å². The van der Waals surface area contributed by atoms with E-state index in [1.54, 1.807) is 13.3 Å². The standard InChI is InChI=1S/C37H36Cl2N6O4/c1-49-37-21(17-40-18-23-10-13-33(47)43-23)8-11-31(44-37)30-7-3-6-29(36(30)39)28-5-2-4-27(35(28)38)22-9-12-32-42-25(16-34(48)45(32)20-22)19-41-24-14-26(46)15-24/h2-9,11-12,16,20,23-24,26,40-41,46H,10,13-15,17-19H2,1H3,(H,43,47). The first kappa shape index (κ1) is 33.2. The molecule has 5 aromatic rings. The molecular weight excluding hydrogens is 663 g/mol. The number of rotatable bonds is 11. The van der Waals surface area contributed by atoms with Crippen LogP contribution in [0.15, 0.2) is 77.7 Å². The summed E-state index contributed by atoms with van der Waals surface area (Å²) in [5, 5.41) is 20.2. The van der Waals surface area contributed by atoms with Crippen molar-refractivity contribution >= 4 is 34.8 Å². The van der Waals surface area contributed by atoms with E-state index < -0.39 is 0 Å². The maximum Gasteiger partial charge on any atom is 0.258 e. The van der Waals surface area contributed by atoms with Crippen LogP contribution in [0.3, 0.4) is 0 Å². The van der Waals surface area contributed by atoms with Gasteiger partial charge in [0, 0.05) is 83.8 Å². The Morgan fingerprint density at radius 2 is 1.67 bits per heavy atom. The number of ether oxygens (including phenoxy) is 1. The Bertz CT molecular complexity index is 2100. The van der Waals surface area contributed by atoms with E-state index in [2.05, 4.69) is 20.9 Å². The molecule has 7 rings (SSSR count). The fourth-order valence-electron chi connectivity index (χ4n) is 6.45. The lowest BCUT2D eigenvalue weighted by molar-refractivity contribution is -0.119. The predicted octanol–water partition coefficient (Wildman–Crippen LogP) is 5.39. The van der Waals surface area contributed by atoms with Crippen molar-refractivity contribution in [2.24, 2.45) is 0 Å². The van der Waals surface area contributed by atoms with Crippen LogP contribution in [0.2, 0.25) is 10.0 Å². The topological polar surface area (TPSA) is 130 Å². The average molecular weight is 700 g/mol. The maximum atomic E-state index is 13.1. The molecule has 0 radical (unpaired) electrons. The summed E-state index contributed by atoms with van der Waals surface area (Å²) < 4.78 is 7.16. The van der Waals surface area contributed by atoms with E-state index in [0.717, 1.165) is 39.8 Å². The lowest BCUT2D eigenvalue weighted by atomic mass is 9.89. The Labute approximate surface area is 293 Å². The van der Waals surface area contributed by atoms with E-state index >= 15 is 0 Å². The van der Waals surface area contributed by atoms with E-state index in [4.69, 9.17) is 32.9 Å². The third-order valence-corrected chi connectivity index (χ3v) is 10.0. The highest BCUT2D eigenvalue weighted by Gasteiger charge is 2.26. The minimum atomic E-state index is -0.247. The number of fused-ring (bicyclic) bond motifs is 1. The molecule has 3 aromatic heterocycles. The Hall–Kier alpha value is -4.32. The molecule has 49 heavy (non-hydrogen) atoms. The lowest BCUT2D eigenvalue weighted by Crippen LogP contribution is -2.43. The quantitative estimate of drug-likeness (QED) is 0.145. The van der Waals surface area contributed by atoms with E-state index in [9.17, 15) is 14.7 Å². The summed E-state index contributed by atoms with van der Waals surface area (Å²) in [7, 11) is 1.59. The summed E-state index contributed by atoms with van der Waals surface area (Å²) in [5.41, 5.74) is 6.28. The number of carbonyl (C=O) groups is 1. The van der Waals surface area contributed by atoms with Crippen molar-refractivity contribution < 1.29 is 14.6 Å². The number of methoxy groups -OCH3 is 1. The van der Waals surface area contributed by atoms with Gasteiger partial charge in [-0.1, -0.05) is 65.7 Å². The van der Waals surface area contributed by atoms with Crippen molar-refractivity contribution in [3.8, 4) is 39.4 Å². The van der Waals surface area contributed by atoms with Gasteiger partial charge in [-0.15, -0.1) is 0 Å². The number of benzene rings is 2. The Kier molecular flexibility index (Phi) is 9.66. The van der Waals surface area contributed by atoms with Gasteiger partial charge in [-0.05, 0) is 37.5 Å². The van der Waals surface area contributed by atoms with Gasteiger partial charge in [0.25, 0.3) is 5.56 Å². The number of aliphatic hydroxyl groups is 1. The summed E-state index contributed by atoms with van der Waals surface area (Å²) in [5.74, 6) is 0.584. The van der Waals surface area contributed by atoms with Gasteiger partial charge in [-0.25, -0.2) is 9.97 Å². The lowest BCUT2D eigenvalue weighted by Gasteiger charge is -2.32. The average Bonchev–Trinajstić information content (AvgIpc) is 3.51. The number of hydrogen-bond donors (Lipinski definition) is 4. The van der Waals surface area contributed by atoms with E-state index in [1.807, 2.05) is 60.7 Å². The highest BCUT2D eigenvalue weighted by Crippen LogP contribution is 2.42. The zero-order chi connectivity index (χ0) is 34.1. The van der Waals surface area contributed by atoms with Crippen LogP contribution in [-0.2, 0) is 17.9 Å². The van der Waals surface area contributed by atoms with Crippen molar-refractivity contribution in [2.45, 2.75) is 57.0 Å². The van der Waals surface area contributed by atoms with Gasteiger partial charge in [0.15, 0.2) is 0 Å². The Morgan fingerprint density at radius 1 is 0.939 bits per heavy atom. The van der Waals surface area contributed by atoms with Gasteiger partial charge in [0.05, 0.1) is 34.6 Å².